The Morgan fingerprint density at radius 2 is 1.97 bits per heavy atom. The summed E-state index contributed by atoms with van der Waals surface area (Å²) in [6.45, 7) is 2.34. The number of aryl methyl sites for hydroxylation is 1. The summed E-state index contributed by atoms with van der Waals surface area (Å²) in [4.78, 5) is 44.5. The normalized spacial score (nSPS) is 30.1. The van der Waals surface area contributed by atoms with Crippen LogP contribution < -0.4 is 15.0 Å². The Labute approximate surface area is 194 Å². The van der Waals surface area contributed by atoms with Gasteiger partial charge in [0.2, 0.25) is 17.7 Å². The molecule has 2 aromatic rings. The van der Waals surface area contributed by atoms with Crippen molar-refractivity contribution in [3.05, 3.63) is 52.3 Å². The van der Waals surface area contributed by atoms with Gasteiger partial charge in [0, 0.05) is 28.4 Å². The minimum Gasteiger partial charge on any atom is -0.495 e. The second-order valence-corrected chi connectivity index (χ2v) is 9.51. The molecule has 0 radical (unpaired) electrons. The SMILES string of the molecule is COc1cc(Cl)c(C)cc1N1C(=O)C2C3CCCN3[C@@]3(C(=O)Nc4ccc(F)cc43)C2C1=O. The summed E-state index contributed by atoms with van der Waals surface area (Å²) in [5.74, 6) is -3.09. The predicted octanol–water partition coefficient (Wildman–Crippen LogP) is 3.23. The molecule has 0 aromatic heterocycles. The molecule has 1 N–H and O–H groups in total. The highest BCUT2D eigenvalue weighted by Gasteiger charge is 2.74. The topological polar surface area (TPSA) is 79.0 Å². The van der Waals surface area contributed by atoms with Crippen molar-refractivity contribution in [2.75, 3.05) is 23.9 Å². The molecular formula is C24H21ClFN3O4. The first-order valence-corrected chi connectivity index (χ1v) is 11.3. The lowest BCUT2D eigenvalue weighted by Gasteiger charge is -2.36. The van der Waals surface area contributed by atoms with E-state index in [0.717, 1.165) is 11.3 Å². The van der Waals surface area contributed by atoms with Crippen LogP contribution in [0.15, 0.2) is 30.3 Å². The van der Waals surface area contributed by atoms with E-state index in [9.17, 15) is 18.8 Å². The highest BCUT2D eigenvalue weighted by Crippen LogP contribution is 2.61. The van der Waals surface area contributed by atoms with Crippen molar-refractivity contribution in [2.45, 2.75) is 31.3 Å². The number of imide groups is 1. The lowest BCUT2D eigenvalue weighted by atomic mass is 9.75. The Morgan fingerprint density at radius 1 is 1.18 bits per heavy atom. The van der Waals surface area contributed by atoms with Gasteiger partial charge in [-0.25, -0.2) is 9.29 Å². The highest BCUT2D eigenvalue weighted by molar-refractivity contribution is 6.32. The molecule has 6 rings (SSSR count). The number of halogens is 2. The van der Waals surface area contributed by atoms with E-state index < -0.39 is 29.1 Å². The number of amides is 3. The van der Waals surface area contributed by atoms with Gasteiger partial charge in [0.25, 0.3) is 0 Å². The molecular weight excluding hydrogens is 449 g/mol. The largest absolute Gasteiger partial charge is 0.495 e. The molecule has 170 valence electrons. The van der Waals surface area contributed by atoms with Crippen LogP contribution in [0, 0.1) is 24.6 Å². The van der Waals surface area contributed by atoms with Crippen LogP contribution in [0.2, 0.25) is 5.02 Å². The zero-order valence-corrected chi connectivity index (χ0v) is 18.8. The van der Waals surface area contributed by atoms with Crippen LogP contribution in [0.25, 0.3) is 0 Å². The summed E-state index contributed by atoms with van der Waals surface area (Å²) in [6.07, 6.45) is 1.48. The van der Waals surface area contributed by atoms with Crippen molar-refractivity contribution in [2.24, 2.45) is 11.8 Å². The van der Waals surface area contributed by atoms with E-state index in [1.807, 2.05) is 4.90 Å². The molecule has 4 atom stereocenters. The molecule has 0 aliphatic carbocycles. The molecule has 2 aromatic carbocycles. The second-order valence-electron chi connectivity index (χ2n) is 9.10. The van der Waals surface area contributed by atoms with Gasteiger partial charge >= 0.3 is 0 Å². The van der Waals surface area contributed by atoms with Crippen molar-refractivity contribution in [3.63, 3.8) is 0 Å². The number of rotatable bonds is 2. The van der Waals surface area contributed by atoms with E-state index in [1.165, 1.54) is 25.3 Å². The molecule has 0 saturated carbocycles. The highest BCUT2D eigenvalue weighted by atomic mass is 35.5. The van der Waals surface area contributed by atoms with Crippen LogP contribution in [0.4, 0.5) is 15.8 Å². The molecule has 3 amide bonds. The van der Waals surface area contributed by atoms with Gasteiger partial charge in [-0.2, -0.15) is 0 Å². The van der Waals surface area contributed by atoms with Crippen LogP contribution in [0.1, 0.15) is 24.0 Å². The Balaban J connectivity index is 1.56. The zero-order valence-electron chi connectivity index (χ0n) is 18.0. The molecule has 0 bridgehead atoms. The molecule has 4 heterocycles. The van der Waals surface area contributed by atoms with Gasteiger partial charge in [0.1, 0.15) is 17.1 Å². The third-order valence-electron chi connectivity index (χ3n) is 7.66. The summed E-state index contributed by atoms with van der Waals surface area (Å²) >= 11 is 6.24. The smallest absolute Gasteiger partial charge is 0.250 e. The third-order valence-corrected chi connectivity index (χ3v) is 8.06. The molecule has 1 spiro atoms. The van der Waals surface area contributed by atoms with Gasteiger partial charge in [-0.05, 0) is 56.1 Å². The molecule has 3 saturated heterocycles. The molecule has 3 fully saturated rings. The van der Waals surface area contributed by atoms with Crippen molar-refractivity contribution < 1.29 is 23.5 Å². The van der Waals surface area contributed by atoms with Crippen LogP contribution in [-0.4, -0.2) is 42.3 Å². The number of carbonyl (C=O) groups is 3. The van der Waals surface area contributed by atoms with Crippen LogP contribution in [0.5, 0.6) is 5.75 Å². The zero-order chi connectivity index (χ0) is 23.2. The standard InChI is InChI=1S/C24H21ClFN3O4/c1-11-8-17(18(33-2)10-14(11)25)29-21(30)19-16-4-3-7-28(16)24(20(19)22(29)31)13-9-12(26)5-6-15(13)27-23(24)32/h5-6,8-10,16,19-20H,3-4,7H2,1-2H3,(H,27,32)/t16?,19?,20?,24-/m1/s1. The van der Waals surface area contributed by atoms with Gasteiger partial charge in [-0.1, -0.05) is 11.6 Å². The number of nitrogens with one attached hydrogen (secondary N) is 1. The van der Waals surface area contributed by atoms with E-state index in [0.29, 0.717) is 46.2 Å². The first-order valence-electron chi connectivity index (χ1n) is 10.9. The fourth-order valence-corrected chi connectivity index (χ4v) is 6.55. The fraction of sp³-hybridized carbons (Fsp3) is 0.375. The molecule has 7 nitrogen and oxygen atoms in total. The number of nitrogens with zero attached hydrogens (tertiary/aromatic N) is 2. The lowest BCUT2D eigenvalue weighted by molar-refractivity contribution is -0.135. The maximum atomic E-state index is 14.4. The van der Waals surface area contributed by atoms with Gasteiger partial charge in [-0.15, -0.1) is 0 Å². The Morgan fingerprint density at radius 3 is 2.73 bits per heavy atom. The number of fused-ring (bicyclic) bond motifs is 7. The van der Waals surface area contributed by atoms with E-state index in [-0.39, 0.29) is 17.9 Å². The third kappa shape index (κ3) is 2.40. The second kappa shape index (κ2) is 6.77. The summed E-state index contributed by atoms with van der Waals surface area (Å²) in [7, 11) is 1.44. The van der Waals surface area contributed by atoms with Crippen molar-refractivity contribution >= 4 is 40.7 Å². The van der Waals surface area contributed by atoms with E-state index >= 15 is 0 Å². The lowest BCUT2D eigenvalue weighted by Crippen LogP contribution is -2.54. The summed E-state index contributed by atoms with van der Waals surface area (Å²) in [5, 5.41) is 3.29. The summed E-state index contributed by atoms with van der Waals surface area (Å²) < 4.78 is 19.8. The Hall–Kier alpha value is -2.97. The molecule has 33 heavy (non-hydrogen) atoms. The average Bonchev–Trinajstić information content (AvgIpc) is 3.48. The average molecular weight is 470 g/mol. The first kappa shape index (κ1) is 20.6. The quantitative estimate of drug-likeness (QED) is 0.683. The van der Waals surface area contributed by atoms with Gasteiger partial charge in [-0.3, -0.25) is 19.3 Å². The van der Waals surface area contributed by atoms with Crippen LogP contribution in [-0.2, 0) is 19.9 Å². The maximum Gasteiger partial charge on any atom is 0.250 e. The number of carbonyl (C=O) groups excluding carboxylic acids is 3. The van der Waals surface area contributed by atoms with Crippen molar-refractivity contribution in [3.8, 4) is 5.75 Å². The number of hydrogen-bond donors (Lipinski definition) is 1. The number of methoxy groups -OCH3 is 1. The van der Waals surface area contributed by atoms with Crippen molar-refractivity contribution in [1.29, 1.82) is 0 Å². The van der Waals surface area contributed by atoms with Gasteiger partial charge < -0.3 is 10.1 Å². The van der Waals surface area contributed by atoms with Crippen molar-refractivity contribution in [1.82, 2.24) is 4.90 Å². The number of ether oxygens (including phenoxy) is 1. The summed E-state index contributed by atoms with van der Waals surface area (Å²) in [5.41, 5.74) is 0.481. The van der Waals surface area contributed by atoms with Crippen LogP contribution >= 0.6 is 11.6 Å². The van der Waals surface area contributed by atoms with Crippen LogP contribution in [0.3, 0.4) is 0 Å². The predicted molar refractivity (Wildman–Crippen MR) is 119 cm³/mol. The minimum atomic E-state index is -1.42. The molecule has 4 aliphatic rings. The van der Waals surface area contributed by atoms with E-state index in [4.69, 9.17) is 16.3 Å². The molecule has 3 unspecified atom stereocenters. The van der Waals surface area contributed by atoms with E-state index in [1.54, 1.807) is 19.1 Å². The molecule has 9 heteroatoms. The monoisotopic (exact) mass is 469 g/mol. The number of hydrogen-bond acceptors (Lipinski definition) is 5. The summed E-state index contributed by atoms with van der Waals surface area (Å²) in [6, 6.07) is 7.06. The Kier molecular flexibility index (Phi) is 4.23. The minimum absolute atomic E-state index is 0.282. The number of anilines is 2. The van der Waals surface area contributed by atoms with Gasteiger partial charge in [0.15, 0.2) is 0 Å². The maximum absolute atomic E-state index is 14.4. The number of benzene rings is 2. The molecule has 4 aliphatic heterocycles. The van der Waals surface area contributed by atoms with Gasteiger partial charge in [0.05, 0.1) is 24.6 Å². The first-order chi connectivity index (χ1) is 15.8. The Bertz CT molecular complexity index is 1270. The fourth-order valence-electron chi connectivity index (χ4n) is 6.40. The van der Waals surface area contributed by atoms with E-state index in [2.05, 4.69) is 5.32 Å².